The fourth-order valence-corrected chi connectivity index (χ4v) is 3.99. The molecule has 3 rings (SSSR count). The number of morpholine rings is 1. The van der Waals surface area contributed by atoms with Crippen LogP contribution in [0.2, 0.25) is 0 Å². The molecule has 0 saturated carbocycles. The summed E-state index contributed by atoms with van der Waals surface area (Å²) in [5.74, 6) is 1.17. The molecule has 0 spiro atoms. The van der Waals surface area contributed by atoms with Crippen molar-refractivity contribution in [1.29, 1.82) is 0 Å². The molecule has 2 aromatic rings. The maximum absolute atomic E-state index is 12.6. The minimum absolute atomic E-state index is 0.0159. The summed E-state index contributed by atoms with van der Waals surface area (Å²) in [4.78, 5) is 27.4. The van der Waals surface area contributed by atoms with Gasteiger partial charge in [0.15, 0.2) is 17.3 Å². The highest BCUT2D eigenvalue weighted by Crippen LogP contribution is 2.32. The molecular formula is C26H34N2O5. The van der Waals surface area contributed by atoms with E-state index in [-0.39, 0.29) is 30.6 Å². The first-order chi connectivity index (χ1) is 15.9. The van der Waals surface area contributed by atoms with E-state index in [0.717, 1.165) is 29.8 Å². The normalized spacial score (nSPS) is 15.0. The highest BCUT2D eigenvalue weighted by molar-refractivity contribution is 5.98. The summed E-state index contributed by atoms with van der Waals surface area (Å²) in [6.07, 6.45) is 0.348. The third-order valence-corrected chi connectivity index (χ3v) is 6.18. The van der Waals surface area contributed by atoms with Crippen LogP contribution in [0.1, 0.15) is 45.9 Å². The van der Waals surface area contributed by atoms with Crippen LogP contribution in [0.25, 0.3) is 0 Å². The lowest BCUT2D eigenvalue weighted by molar-refractivity contribution is -0.121. The molecule has 0 bridgehead atoms. The predicted octanol–water partition coefficient (Wildman–Crippen LogP) is 3.47. The lowest BCUT2D eigenvalue weighted by atomic mass is 10.0. The summed E-state index contributed by atoms with van der Waals surface area (Å²) in [5.41, 5.74) is 3.91. The number of ether oxygens (including phenoxy) is 3. The van der Waals surface area contributed by atoms with E-state index in [0.29, 0.717) is 36.8 Å². The molecule has 1 aliphatic rings. The van der Waals surface area contributed by atoms with Gasteiger partial charge in [-0.3, -0.25) is 14.5 Å². The van der Waals surface area contributed by atoms with Crippen molar-refractivity contribution in [1.82, 2.24) is 10.2 Å². The Kier molecular flexibility index (Phi) is 8.86. The second-order valence-electron chi connectivity index (χ2n) is 8.30. The Morgan fingerprint density at radius 1 is 0.970 bits per heavy atom. The Morgan fingerprint density at radius 3 is 2.36 bits per heavy atom. The van der Waals surface area contributed by atoms with Crippen molar-refractivity contribution >= 4 is 11.7 Å². The van der Waals surface area contributed by atoms with Crippen molar-refractivity contribution in [2.75, 3.05) is 47.1 Å². The second-order valence-corrected chi connectivity index (χ2v) is 8.30. The molecule has 1 fully saturated rings. The summed E-state index contributed by atoms with van der Waals surface area (Å²) < 4.78 is 16.3. The Labute approximate surface area is 196 Å². The first kappa shape index (κ1) is 24.7. The maximum Gasteiger partial charge on any atom is 0.220 e. The molecule has 33 heavy (non-hydrogen) atoms. The van der Waals surface area contributed by atoms with E-state index in [1.165, 1.54) is 0 Å². The van der Waals surface area contributed by atoms with Gasteiger partial charge in [-0.15, -0.1) is 0 Å². The van der Waals surface area contributed by atoms with Crippen LogP contribution >= 0.6 is 0 Å². The minimum atomic E-state index is -0.133. The van der Waals surface area contributed by atoms with Gasteiger partial charge in [0.2, 0.25) is 5.91 Å². The zero-order chi connectivity index (χ0) is 23.8. The standard InChI is InChI=1S/C26H34N2O5/c1-18-5-6-21(15-19(18)2)23(29)8-10-26(30)27-17-22(28-11-13-33-14-12-28)20-7-9-24(31-3)25(16-20)32-4/h5-7,9,15-16,22H,8,10-14,17H2,1-4H3,(H,27,30). The van der Waals surface area contributed by atoms with Gasteiger partial charge < -0.3 is 19.5 Å². The summed E-state index contributed by atoms with van der Waals surface area (Å²) in [7, 11) is 3.22. The summed E-state index contributed by atoms with van der Waals surface area (Å²) in [6, 6.07) is 11.5. The largest absolute Gasteiger partial charge is 0.493 e. The average Bonchev–Trinajstić information content (AvgIpc) is 2.84. The van der Waals surface area contributed by atoms with Crippen LogP contribution in [0, 0.1) is 13.8 Å². The molecule has 1 unspecified atom stereocenters. The van der Waals surface area contributed by atoms with Gasteiger partial charge in [-0.1, -0.05) is 18.2 Å². The van der Waals surface area contributed by atoms with Crippen LogP contribution in [-0.2, 0) is 9.53 Å². The number of hydrogen-bond acceptors (Lipinski definition) is 6. The number of carbonyl (C=O) groups is 2. The Bertz CT molecular complexity index is 969. The number of nitrogens with one attached hydrogen (secondary N) is 1. The van der Waals surface area contributed by atoms with Crippen molar-refractivity contribution in [2.24, 2.45) is 0 Å². The Hall–Kier alpha value is -2.90. The monoisotopic (exact) mass is 454 g/mol. The van der Waals surface area contributed by atoms with Crippen LogP contribution in [0.15, 0.2) is 36.4 Å². The van der Waals surface area contributed by atoms with E-state index in [4.69, 9.17) is 14.2 Å². The van der Waals surface area contributed by atoms with Gasteiger partial charge in [-0.2, -0.15) is 0 Å². The Balaban J connectivity index is 1.63. The van der Waals surface area contributed by atoms with Gasteiger partial charge in [-0.05, 0) is 48.7 Å². The lowest BCUT2D eigenvalue weighted by Crippen LogP contribution is -2.43. The molecule has 0 aliphatic carbocycles. The van der Waals surface area contributed by atoms with Gasteiger partial charge in [0, 0.05) is 38.0 Å². The number of hydrogen-bond donors (Lipinski definition) is 1. The molecule has 7 nitrogen and oxygen atoms in total. The highest BCUT2D eigenvalue weighted by atomic mass is 16.5. The van der Waals surface area contributed by atoms with Crippen molar-refractivity contribution < 1.29 is 23.8 Å². The number of aryl methyl sites for hydroxylation is 2. The molecule has 1 aliphatic heterocycles. The van der Waals surface area contributed by atoms with Gasteiger partial charge >= 0.3 is 0 Å². The summed E-state index contributed by atoms with van der Waals surface area (Å²) in [5, 5.41) is 3.03. The van der Waals surface area contributed by atoms with Gasteiger partial charge in [0.25, 0.3) is 0 Å². The Morgan fingerprint density at radius 2 is 1.70 bits per heavy atom. The molecule has 0 radical (unpaired) electrons. The van der Waals surface area contributed by atoms with Crippen molar-refractivity contribution in [3.8, 4) is 11.5 Å². The van der Waals surface area contributed by atoms with Gasteiger partial charge in [-0.25, -0.2) is 0 Å². The SMILES string of the molecule is COc1ccc(C(CNC(=O)CCC(=O)c2ccc(C)c(C)c2)N2CCOCC2)cc1OC. The van der Waals surface area contributed by atoms with Gasteiger partial charge in [0.05, 0.1) is 33.5 Å². The number of ketones is 1. The van der Waals surface area contributed by atoms with Crippen LogP contribution in [0.3, 0.4) is 0 Å². The fourth-order valence-electron chi connectivity index (χ4n) is 3.99. The number of amides is 1. The first-order valence-electron chi connectivity index (χ1n) is 11.3. The quantitative estimate of drug-likeness (QED) is 0.554. The zero-order valence-electron chi connectivity index (χ0n) is 20.0. The van der Waals surface area contributed by atoms with E-state index in [2.05, 4.69) is 10.2 Å². The molecule has 1 N–H and O–H groups in total. The van der Waals surface area contributed by atoms with Gasteiger partial charge in [0.1, 0.15) is 0 Å². The van der Waals surface area contributed by atoms with Crippen molar-refractivity contribution in [3.05, 3.63) is 58.7 Å². The number of benzene rings is 2. The van der Waals surface area contributed by atoms with Crippen LogP contribution in [0.4, 0.5) is 0 Å². The number of methoxy groups -OCH3 is 2. The first-order valence-corrected chi connectivity index (χ1v) is 11.3. The fraction of sp³-hybridized carbons (Fsp3) is 0.462. The number of Topliss-reactive ketones (excluding diaryl/α,β-unsaturated/α-hetero) is 1. The van der Waals surface area contributed by atoms with E-state index in [1.54, 1.807) is 14.2 Å². The lowest BCUT2D eigenvalue weighted by Gasteiger charge is -2.35. The molecular weight excluding hydrogens is 420 g/mol. The van der Waals surface area contributed by atoms with Crippen LogP contribution < -0.4 is 14.8 Å². The smallest absolute Gasteiger partial charge is 0.220 e. The zero-order valence-corrected chi connectivity index (χ0v) is 20.0. The van der Waals surface area contributed by atoms with Crippen molar-refractivity contribution in [2.45, 2.75) is 32.7 Å². The van der Waals surface area contributed by atoms with Crippen LogP contribution in [0.5, 0.6) is 11.5 Å². The molecule has 2 aromatic carbocycles. The summed E-state index contributed by atoms with van der Waals surface area (Å²) in [6.45, 7) is 7.30. The van der Waals surface area contributed by atoms with E-state index < -0.39 is 0 Å². The third kappa shape index (κ3) is 6.55. The summed E-state index contributed by atoms with van der Waals surface area (Å²) >= 11 is 0. The predicted molar refractivity (Wildman–Crippen MR) is 127 cm³/mol. The van der Waals surface area contributed by atoms with E-state index in [1.807, 2.05) is 50.2 Å². The number of carbonyl (C=O) groups excluding carboxylic acids is 2. The molecule has 1 amide bonds. The maximum atomic E-state index is 12.6. The molecule has 1 atom stereocenters. The molecule has 1 saturated heterocycles. The average molecular weight is 455 g/mol. The second kappa shape index (κ2) is 11.8. The third-order valence-electron chi connectivity index (χ3n) is 6.18. The van der Waals surface area contributed by atoms with Crippen molar-refractivity contribution in [3.63, 3.8) is 0 Å². The molecule has 7 heteroatoms. The molecule has 178 valence electrons. The topological polar surface area (TPSA) is 77.1 Å². The van der Waals surface area contributed by atoms with E-state index in [9.17, 15) is 9.59 Å². The van der Waals surface area contributed by atoms with Crippen LogP contribution in [-0.4, -0.2) is 63.7 Å². The van der Waals surface area contributed by atoms with E-state index >= 15 is 0 Å². The molecule has 1 heterocycles. The number of rotatable bonds is 10. The molecule has 0 aromatic heterocycles. The number of nitrogens with zero attached hydrogens (tertiary/aromatic N) is 1. The minimum Gasteiger partial charge on any atom is -0.493 e. The highest BCUT2D eigenvalue weighted by Gasteiger charge is 2.24.